The number of hydroxylamine groups is 1. The molecule has 80 valence electrons. The van der Waals surface area contributed by atoms with E-state index < -0.39 is 5.54 Å². The molecule has 0 atom stereocenters. The van der Waals surface area contributed by atoms with Crippen LogP contribution in [0.2, 0.25) is 0 Å². The molecule has 3 heteroatoms. The zero-order valence-corrected chi connectivity index (χ0v) is 8.57. The monoisotopic (exact) mass is 205 g/mol. The second kappa shape index (κ2) is 4.13. The molecule has 15 heavy (non-hydrogen) atoms. The smallest absolute Gasteiger partial charge is 0.185 e. The first kappa shape index (κ1) is 10.3. The Morgan fingerprint density at radius 2 is 1.80 bits per heavy atom. The van der Waals surface area contributed by atoms with E-state index in [0.717, 1.165) is 25.7 Å². The topological polar surface area (TPSA) is 49.3 Å². The molecule has 1 aliphatic rings. The van der Waals surface area contributed by atoms with Gasteiger partial charge in [-0.1, -0.05) is 43.2 Å². The number of carbonyl (C=O) groups excluding carboxylic acids is 1. The Morgan fingerprint density at radius 3 is 2.33 bits per heavy atom. The van der Waals surface area contributed by atoms with Gasteiger partial charge in [0.15, 0.2) is 5.78 Å². The maximum atomic E-state index is 12.2. The predicted octanol–water partition coefficient (Wildman–Crippen LogP) is 2.16. The number of Topliss-reactive ketones (excluding diaryl/α,β-unsaturated/α-hetero) is 1. The van der Waals surface area contributed by atoms with Crippen LogP contribution in [0.1, 0.15) is 36.0 Å². The van der Waals surface area contributed by atoms with E-state index >= 15 is 0 Å². The van der Waals surface area contributed by atoms with Crippen molar-refractivity contribution >= 4 is 5.78 Å². The lowest BCUT2D eigenvalue weighted by atomic mass is 9.88. The minimum Gasteiger partial charge on any atom is -0.316 e. The number of nitrogens with one attached hydrogen (secondary N) is 1. The third kappa shape index (κ3) is 1.80. The Morgan fingerprint density at radius 1 is 1.20 bits per heavy atom. The summed E-state index contributed by atoms with van der Waals surface area (Å²) in [5.41, 5.74) is 2.16. The molecule has 1 aromatic rings. The second-order valence-electron chi connectivity index (χ2n) is 4.10. The molecular formula is C12H15NO2. The molecule has 1 saturated carbocycles. The Bertz CT molecular complexity index is 342. The van der Waals surface area contributed by atoms with Crippen molar-refractivity contribution in [2.24, 2.45) is 0 Å². The minimum absolute atomic E-state index is 0.00287. The zero-order valence-electron chi connectivity index (χ0n) is 8.57. The van der Waals surface area contributed by atoms with Crippen LogP contribution in [0, 0.1) is 0 Å². The fourth-order valence-corrected chi connectivity index (χ4v) is 2.23. The molecule has 0 unspecified atom stereocenters. The van der Waals surface area contributed by atoms with Crippen LogP contribution in [0.15, 0.2) is 30.3 Å². The van der Waals surface area contributed by atoms with E-state index in [1.165, 1.54) is 0 Å². The van der Waals surface area contributed by atoms with Crippen molar-refractivity contribution in [3.63, 3.8) is 0 Å². The summed E-state index contributed by atoms with van der Waals surface area (Å²) in [6.07, 6.45) is 3.42. The van der Waals surface area contributed by atoms with Gasteiger partial charge in [-0.3, -0.25) is 4.79 Å². The fraction of sp³-hybridized carbons (Fsp3) is 0.417. The summed E-state index contributed by atoms with van der Waals surface area (Å²) in [5, 5.41) is 9.18. The highest BCUT2D eigenvalue weighted by atomic mass is 16.5. The van der Waals surface area contributed by atoms with Crippen LogP contribution >= 0.6 is 0 Å². The summed E-state index contributed by atoms with van der Waals surface area (Å²) in [6.45, 7) is 0. The maximum absolute atomic E-state index is 12.2. The lowest BCUT2D eigenvalue weighted by molar-refractivity contribution is 0.0479. The fourth-order valence-electron chi connectivity index (χ4n) is 2.23. The molecule has 0 amide bonds. The zero-order chi connectivity index (χ0) is 10.7. The predicted molar refractivity (Wildman–Crippen MR) is 56.9 cm³/mol. The number of hydrogen-bond acceptors (Lipinski definition) is 3. The van der Waals surface area contributed by atoms with Crippen LogP contribution in [0.3, 0.4) is 0 Å². The standard InChI is InChI=1S/C12H15NO2/c14-11(10-6-2-1-3-7-10)12(13-15)8-4-5-9-12/h1-3,6-7,13,15H,4-5,8-9H2. The van der Waals surface area contributed by atoms with Crippen LogP contribution in [0.4, 0.5) is 0 Å². The summed E-state index contributed by atoms with van der Waals surface area (Å²) in [7, 11) is 0. The van der Waals surface area contributed by atoms with Gasteiger partial charge >= 0.3 is 0 Å². The van der Waals surface area contributed by atoms with Crippen LogP contribution < -0.4 is 5.48 Å². The van der Waals surface area contributed by atoms with E-state index in [0.29, 0.717) is 5.56 Å². The molecule has 0 aliphatic heterocycles. The molecule has 0 radical (unpaired) electrons. The maximum Gasteiger partial charge on any atom is 0.185 e. The summed E-state index contributed by atoms with van der Waals surface area (Å²) in [6, 6.07) is 9.14. The van der Waals surface area contributed by atoms with Crippen molar-refractivity contribution in [2.75, 3.05) is 0 Å². The summed E-state index contributed by atoms with van der Waals surface area (Å²) < 4.78 is 0. The summed E-state index contributed by atoms with van der Waals surface area (Å²) in [5.74, 6) is 0.00287. The molecule has 1 aromatic carbocycles. The number of ketones is 1. The molecule has 1 fully saturated rings. The highest BCUT2D eigenvalue weighted by Crippen LogP contribution is 2.32. The number of hydrogen-bond donors (Lipinski definition) is 2. The third-order valence-electron chi connectivity index (χ3n) is 3.14. The molecule has 0 spiro atoms. The van der Waals surface area contributed by atoms with E-state index in [-0.39, 0.29) is 5.78 Å². The van der Waals surface area contributed by atoms with Crippen molar-refractivity contribution in [3.8, 4) is 0 Å². The van der Waals surface area contributed by atoms with E-state index in [2.05, 4.69) is 5.48 Å². The van der Waals surface area contributed by atoms with Gasteiger partial charge < -0.3 is 5.21 Å². The summed E-state index contributed by atoms with van der Waals surface area (Å²) >= 11 is 0. The Kier molecular flexibility index (Phi) is 2.84. The molecule has 0 heterocycles. The summed E-state index contributed by atoms with van der Waals surface area (Å²) in [4.78, 5) is 12.2. The number of carbonyl (C=O) groups is 1. The lowest BCUT2D eigenvalue weighted by Crippen LogP contribution is -2.48. The van der Waals surface area contributed by atoms with Gasteiger partial charge in [0.2, 0.25) is 0 Å². The van der Waals surface area contributed by atoms with Gasteiger partial charge in [0.25, 0.3) is 0 Å². The molecule has 2 rings (SSSR count). The third-order valence-corrected chi connectivity index (χ3v) is 3.14. The SMILES string of the molecule is O=C(c1ccccc1)C1(NO)CCCC1. The minimum atomic E-state index is -0.735. The van der Waals surface area contributed by atoms with Crippen LogP contribution in [0.25, 0.3) is 0 Å². The first-order valence-corrected chi connectivity index (χ1v) is 5.30. The van der Waals surface area contributed by atoms with Gasteiger partial charge in [-0.25, -0.2) is 0 Å². The molecule has 0 saturated heterocycles. The van der Waals surface area contributed by atoms with E-state index in [9.17, 15) is 10.0 Å². The molecule has 0 aromatic heterocycles. The van der Waals surface area contributed by atoms with Crippen molar-refractivity contribution in [3.05, 3.63) is 35.9 Å². The quantitative estimate of drug-likeness (QED) is 0.587. The van der Waals surface area contributed by atoms with Gasteiger partial charge in [0.05, 0.1) is 0 Å². The van der Waals surface area contributed by atoms with Gasteiger partial charge in [-0.2, -0.15) is 5.48 Å². The second-order valence-corrected chi connectivity index (χ2v) is 4.10. The van der Waals surface area contributed by atoms with E-state index in [1.807, 2.05) is 18.2 Å². The highest BCUT2D eigenvalue weighted by molar-refractivity contribution is 6.03. The molecule has 0 bridgehead atoms. The van der Waals surface area contributed by atoms with Gasteiger partial charge in [0, 0.05) is 5.56 Å². The van der Waals surface area contributed by atoms with Crippen molar-refractivity contribution in [1.29, 1.82) is 0 Å². The van der Waals surface area contributed by atoms with Gasteiger partial charge in [-0.05, 0) is 12.8 Å². The average molecular weight is 205 g/mol. The van der Waals surface area contributed by atoms with Crippen LogP contribution in [0.5, 0.6) is 0 Å². The first-order chi connectivity index (χ1) is 7.28. The highest BCUT2D eigenvalue weighted by Gasteiger charge is 2.40. The van der Waals surface area contributed by atoms with Crippen LogP contribution in [-0.4, -0.2) is 16.5 Å². The largest absolute Gasteiger partial charge is 0.316 e. The molecular weight excluding hydrogens is 190 g/mol. The van der Waals surface area contributed by atoms with Gasteiger partial charge in [-0.15, -0.1) is 0 Å². The Balaban J connectivity index is 2.27. The van der Waals surface area contributed by atoms with Crippen molar-refractivity contribution < 1.29 is 10.0 Å². The Labute approximate surface area is 89.1 Å². The number of benzene rings is 1. The van der Waals surface area contributed by atoms with E-state index in [1.54, 1.807) is 12.1 Å². The normalized spacial score (nSPS) is 19.0. The molecule has 2 N–H and O–H groups in total. The molecule has 1 aliphatic carbocycles. The first-order valence-electron chi connectivity index (χ1n) is 5.30. The van der Waals surface area contributed by atoms with Crippen molar-refractivity contribution in [2.45, 2.75) is 31.2 Å². The number of rotatable bonds is 3. The lowest BCUT2D eigenvalue weighted by Gasteiger charge is -2.25. The molecule has 3 nitrogen and oxygen atoms in total. The van der Waals surface area contributed by atoms with E-state index in [4.69, 9.17) is 0 Å². The Hall–Kier alpha value is -1.19. The van der Waals surface area contributed by atoms with Crippen molar-refractivity contribution in [1.82, 2.24) is 5.48 Å². The van der Waals surface area contributed by atoms with Crippen LogP contribution in [-0.2, 0) is 0 Å². The van der Waals surface area contributed by atoms with Gasteiger partial charge in [0.1, 0.15) is 5.54 Å². The average Bonchev–Trinajstić information content (AvgIpc) is 2.79.